The highest BCUT2D eigenvalue weighted by Crippen LogP contribution is 2.17. The first-order chi connectivity index (χ1) is 11.0. The Balaban J connectivity index is 1.85. The molecule has 0 bridgehead atoms. The zero-order valence-corrected chi connectivity index (χ0v) is 13.6. The number of nitrogens with one attached hydrogen (secondary N) is 1. The molecule has 122 valence electrons. The maximum Gasteiger partial charge on any atom is 0.326 e. The van der Waals surface area contributed by atoms with Gasteiger partial charge in [0.15, 0.2) is 0 Å². The smallest absolute Gasteiger partial charge is 0.326 e. The van der Waals surface area contributed by atoms with Crippen LogP contribution in [-0.4, -0.2) is 23.0 Å². The second kappa shape index (κ2) is 7.77. The summed E-state index contributed by atoms with van der Waals surface area (Å²) in [5, 5.41) is 14.1. The number of amides is 1. The highest BCUT2D eigenvalue weighted by Gasteiger charge is 2.22. The molecule has 4 heteroatoms. The fourth-order valence-electron chi connectivity index (χ4n) is 2.61. The Bertz CT molecular complexity index is 694. The number of hydrogen-bond donors (Lipinski definition) is 2. The fraction of sp³-hybridized carbons (Fsp3) is 0.368. The first-order valence-corrected chi connectivity index (χ1v) is 7.97. The largest absolute Gasteiger partial charge is 0.480 e. The first-order valence-electron chi connectivity index (χ1n) is 7.97. The quantitative estimate of drug-likeness (QED) is 0.823. The molecular weight excluding hydrogens is 290 g/mol. The third-order valence-corrected chi connectivity index (χ3v) is 3.93. The number of rotatable bonds is 7. The molecule has 0 saturated carbocycles. The van der Waals surface area contributed by atoms with Crippen molar-refractivity contribution < 1.29 is 14.7 Å². The van der Waals surface area contributed by atoms with Crippen molar-refractivity contribution in [1.29, 1.82) is 0 Å². The van der Waals surface area contributed by atoms with E-state index in [1.807, 2.05) is 12.1 Å². The Kier molecular flexibility index (Phi) is 5.74. The van der Waals surface area contributed by atoms with Crippen LogP contribution in [0.15, 0.2) is 42.5 Å². The Labute approximate surface area is 136 Å². The summed E-state index contributed by atoms with van der Waals surface area (Å²) < 4.78 is 0. The first kappa shape index (κ1) is 17.0. The summed E-state index contributed by atoms with van der Waals surface area (Å²) in [6, 6.07) is 13.7. The van der Waals surface area contributed by atoms with Crippen molar-refractivity contribution in [1.82, 2.24) is 5.32 Å². The lowest BCUT2D eigenvalue weighted by Crippen LogP contribution is -2.44. The number of carboxylic acid groups (broad SMARTS) is 1. The zero-order chi connectivity index (χ0) is 16.8. The number of aryl methyl sites for hydroxylation is 1. The van der Waals surface area contributed by atoms with Crippen molar-refractivity contribution in [3.63, 3.8) is 0 Å². The summed E-state index contributed by atoms with van der Waals surface area (Å²) in [6.45, 7) is 3.57. The molecule has 0 spiro atoms. The van der Waals surface area contributed by atoms with Gasteiger partial charge in [-0.3, -0.25) is 4.79 Å². The van der Waals surface area contributed by atoms with E-state index >= 15 is 0 Å². The highest BCUT2D eigenvalue weighted by molar-refractivity contribution is 5.84. The lowest BCUT2D eigenvalue weighted by molar-refractivity contribution is -0.143. The van der Waals surface area contributed by atoms with Crippen LogP contribution in [0.2, 0.25) is 0 Å². The molecule has 2 rings (SSSR count). The molecule has 2 aromatic carbocycles. The second-order valence-corrected chi connectivity index (χ2v) is 6.16. The molecule has 1 atom stereocenters. The van der Waals surface area contributed by atoms with E-state index in [2.05, 4.69) is 35.6 Å². The summed E-state index contributed by atoms with van der Waals surface area (Å²) >= 11 is 0. The van der Waals surface area contributed by atoms with E-state index in [0.717, 1.165) is 6.42 Å². The molecule has 1 amide bonds. The van der Waals surface area contributed by atoms with Crippen LogP contribution in [-0.2, 0) is 16.0 Å². The SMILES string of the molecule is CC(C)[C@@H](NC(=O)CCCc1ccc2ccccc2c1)C(=O)O. The molecule has 0 radical (unpaired) electrons. The molecule has 0 fully saturated rings. The van der Waals surface area contributed by atoms with Gasteiger partial charge in [-0.25, -0.2) is 4.79 Å². The minimum Gasteiger partial charge on any atom is -0.480 e. The van der Waals surface area contributed by atoms with E-state index in [1.165, 1.54) is 16.3 Å². The Morgan fingerprint density at radius 1 is 1.09 bits per heavy atom. The molecule has 0 unspecified atom stereocenters. The number of aliphatic carboxylic acids is 1. The van der Waals surface area contributed by atoms with Gasteiger partial charge in [-0.15, -0.1) is 0 Å². The Hall–Kier alpha value is -2.36. The van der Waals surface area contributed by atoms with Gasteiger partial charge in [-0.05, 0) is 35.1 Å². The van der Waals surface area contributed by atoms with Crippen LogP contribution in [0.4, 0.5) is 0 Å². The summed E-state index contributed by atoms with van der Waals surface area (Å²) in [4.78, 5) is 23.0. The number of carbonyl (C=O) groups excluding carboxylic acids is 1. The average molecular weight is 313 g/mol. The van der Waals surface area contributed by atoms with Crippen LogP contribution in [0.1, 0.15) is 32.3 Å². The molecule has 0 heterocycles. The van der Waals surface area contributed by atoms with Gasteiger partial charge in [0.2, 0.25) is 5.91 Å². The van der Waals surface area contributed by atoms with Gasteiger partial charge in [0.25, 0.3) is 0 Å². The maximum absolute atomic E-state index is 11.9. The fourth-order valence-corrected chi connectivity index (χ4v) is 2.61. The molecule has 0 aliphatic heterocycles. The van der Waals surface area contributed by atoms with Gasteiger partial charge in [0, 0.05) is 6.42 Å². The number of carbonyl (C=O) groups is 2. The summed E-state index contributed by atoms with van der Waals surface area (Å²) in [5.41, 5.74) is 1.19. The molecule has 4 nitrogen and oxygen atoms in total. The van der Waals surface area contributed by atoms with E-state index < -0.39 is 12.0 Å². The van der Waals surface area contributed by atoms with Crippen molar-refractivity contribution in [2.75, 3.05) is 0 Å². The average Bonchev–Trinajstić information content (AvgIpc) is 2.52. The van der Waals surface area contributed by atoms with Gasteiger partial charge in [-0.2, -0.15) is 0 Å². The molecule has 0 saturated heterocycles. The van der Waals surface area contributed by atoms with Crippen molar-refractivity contribution in [3.05, 3.63) is 48.0 Å². The molecule has 23 heavy (non-hydrogen) atoms. The monoisotopic (exact) mass is 313 g/mol. The van der Waals surface area contributed by atoms with Gasteiger partial charge >= 0.3 is 5.97 Å². The van der Waals surface area contributed by atoms with Crippen LogP contribution < -0.4 is 5.32 Å². The van der Waals surface area contributed by atoms with E-state index in [4.69, 9.17) is 5.11 Å². The van der Waals surface area contributed by atoms with Crippen molar-refractivity contribution in [2.24, 2.45) is 5.92 Å². The molecule has 0 aromatic heterocycles. The van der Waals surface area contributed by atoms with E-state index in [1.54, 1.807) is 13.8 Å². The van der Waals surface area contributed by atoms with E-state index in [0.29, 0.717) is 12.8 Å². The van der Waals surface area contributed by atoms with E-state index in [9.17, 15) is 9.59 Å². The summed E-state index contributed by atoms with van der Waals surface area (Å²) in [7, 11) is 0. The van der Waals surface area contributed by atoms with Crippen LogP contribution >= 0.6 is 0 Å². The van der Waals surface area contributed by atoms with Crippen LogP contribution in [0.3, 0.4) is 0 Å². The molecule has 2 aromatic rings. The minimum atomic E-state index is -0.983. The van der Waals surface area contributed by atoms with Crippen LogP contribution in [0.5, 0.6) is 0 Å². The third kappa shape index (κ3) is 4.81. The van der Waals surface area contributed by atoms with Crippen molar-refractivity contribution in [2.45, 2.75) is 39.2 Å². The third-order valence-electron chi connectivity index (χ3n) is 3.93. The predicted octanol–water partition coefficient (Wildman–Crippen LogP) is 3.39. The standard InChI is InChI=1S/C19H23NO3/c1-13(2)18(19(22)23)20-17(21)9-5-6-14-10-11-15-7-3-4-8-16(15)12-14/h3-4,7-8,10-13,18H,5-6,9H2,1-2H3,(H,20,21)(H,22,23)/t18-/m1/s1. The number of benzene rings is 2. The predicted molar refractivity (Wildman–Crippen MR) is 91.3 cm³/mol. The lowest BCUT2D eigenvalue weighted by atomic mass is 10.0. The Morgan fingerprint density at radius 3 is 2.43 bits per heavy atom. The van der Waals surface area contributed by atoms with Gasteiger partial charge in [0.1, 0.15) is 6.04 Å². The topological polar surface area (TPSA) is 66.4 Å². The van der Waals surface area contributed by atoms with Crippen LogP contribution in [0.25, 0.3) is 10.8 Å². The van der Waals surface area contributed by atoms with Crippen molar-refractivity contribution in [3.8, 4) is 0 Å². The van der Waals surface area contributed by atoms with Gasteiger partial charge in [-0.1, -0.05) is 56.3 Å². The van der Waals surface area contributed by atoms with Gasteiger partial charge in [0.05, 0.1) is 0 Å². The molecule has 0 aliphatic rings. The lowest BCUT2D eigenvalue weighted by Gasteiger charge is -2.17. The normalized spacial score (nSPS) is 12.3. The molecule has 2 N–H and O–H groups in total. The number of hydrogen-bond acceptors (Lipinski definition) is 2. The second-order valence-electron chi connectivity index (χ2n) is 6.16. The van der Waals surface area contributed by atoms with Crippen molar-refractivity contribution >= 4 is 22.6 Å². The summed E-state index contributed by atoms with van der Waals surface area (Å²) in [6.07, 6.45) is 1.84. The van der Waals surface area contributed by atoms with Gasteiger partial charge < -0.3 is 10.4 Å². The maximum atomic E-state index is 11.9. The Morgan fingerprint density at radius 2 is 1.78 bits per heavy atom. The van der Waals surface area contributed by atoms with E-state index in [-0.39, 0.29) is 11.8 Å². The zero-order valence-electron chi connectivity index (χ0n) is 13.6. The highest BCUT2D eigenvalue weighted by atomic mass is 16.4. The summed E-state index contributed by atoms with van der Waals surface area (Å²) in [5.74, 6) is -1.31. The minimum absolute atomic E-state index is 0.128. The number of fused-ring (bicyclic) bond motifs is 1. The molecular formula is C19H23NO3. The molecule has 0 aliphatic carbocycles. The number of carboxylic acids is 1. The van der Waals surface area contributed by atoms with Crippen LogP contribution in [0, 0.1) is 5.92 Å².